The fourth-order valence-electron chi connectivity index (χ4n) is 4.82. The first-order valence-electron chi connectivity index (χ1n) is 10.4. The standard InChI is InChI=1S/C22H26N2O5/c1-13-7-8-15(22(28)29)12-23(13)19(25)14-9-10-17-18(11-14)21(27)24(20(17)26)16-5-3-2-4-6-16/h9-11,13,15-16H,2-8,12H2,1H3,(H,28,29). The van der Waals surface area contributed by atoms with Crippen LogP contribution in [0.25, 0.3) is 0 Å². The molecule has 154 valence electrons. The largest absolute Gasteiger partial charge is 0.481 e. The van der Waals surface area contributed by atoms with E-state index in [1.807, 2.05) is 6.92 Å². The minimum Gasteiger partial charge on any atom is -0.481 e. The number of nitrogens with zero attached hydrogens (tertiary/aromatic N) is 2. The zero-order valence-electron chi connectivity index (χ0n) is 16.6. The molecule has 0 radical (unpaired) electrons. The highest BCUT2D eigenvalue weighted by molar-refractivity contribution is 6.22. The predicted octanol–water partition coefficient (Wildman–Crippen LogP) is 2.94. The number of hydrogen-bond acceptors (Lipinski definition) is 4. The first-order valence-corrected chi connectivity index (χ1v) is 10.4. The fraction of sp³-hybridized carbons (Fsp3) is 0.545. The van der Waals surface area contributed by atoms with Gasteiger partial charge in [0.1, 0.15) is 0 Å². The van der Waals surface area contributed by atoms with Crippen LogP contribution >= 0.6 is 0 Å². The van der Waals surface area contributed by atoms with Crippen LogP contribution in [-0.2, 0) is 4.79 Å². The van der Waals surface area contributed by atoms with Gasteiger partial charge in [-0.1, -0.05) is 19.3 Å². The van der Waals surface area contributed by atoms with E-state index in [-0.39, 0.29) is 41.9 Å². The van der Waals surface area contributed by atoms with Crippen molar-refractivity contribution in [2.24, 2.45) is 5.92 Å². The van der Waals surface area contributed by atoms with Gasteiger partial charge in [-0.2, -0.15) is 0 Å². The van der Waals surface area contributed by atoms with Crippen molar-refractivity contribution in [3.63, 3.8) is 0 Å². The van der Waals surface area contributed by atoms with Crippen LogP contribution in [0.1, 0.15) is 82.9 Å². The van der Waals surface area contributed by atoms with Gasteiger partial charge in [0.2, 0.25) is 0 Å². The van der Waals surface area contributed by atoms with Crippen LogP contribution in [0.4, 0.5) is 0 Å². The summed E-state index contributed by atoms with van der Waals surface area (Å²) in [5.74, 6) is -2.35. The van der Waals surface area contributed by atoms with Crippen molar-refractivity contribution in [2.45, 2.75) is 64.0 Å². The van der Waals surface area contributed by atoms with Gasteiger partial charge in [-0.3, -0.25) is 24.1 Å². The van der Waals surface area contributed by atoms with Crippen LogP contribution in [0.3, 0.4) is 0 Å². The summed E-state index contributed by atoms with van der Waals surface area (Å²) in [6.45, 7) is 2.07. The van der Waals surface area contributed by atoms with Gasteiger partial charge in [0, 0.05) is 24.2 Å². The van der Waals surface area contributed by atoms with Crippen LogP contribution < -0.4 is 0 Å². The van der Waals surface area contributed by atoms with Crippen LogP contribution in [0.2, 0.25) is 0 Å². The predicted molar refractivity (Wildman–Crippen MR) is 105 cm³/mol. The molecule has 1 N–H and O–H groups in total. The molecule has 0 bridgehead atoms. The number of aliphatic carboxylic acids is 1. The van der Waals surface area contributed by atoms with Crippen LogP contribution in [0.5, 0.6) is 0 Å². The van der Waals surface area contributed by atoms with Gasteiger partial charge in [0.05, 0.1) is 17.0 Å². The van der Waals surface area contributed by atoms with Gasteiger partial charge in [0.15, 0.2) is 0 Å². The molecular formula is C22H26N2O5. The van der Waals surface area contributed by atoms with Gasteiger partial charge < -0.3 is 10.0 Å². The van der Waals surface area contributed by atoms with Crippen molar-refractivity contribution in [3.8, 4) is 0 Å². The SMILES string of the molecule is CC1CCC(C(=O)O)CN1C(=O)c1ccc2c(c1)C(=O)N(C1CCCCC1)C2=O. The number of fused-ring (bicyclic) bond motifs is 1. The number of carboxylic acid groups (broad SMARTS) is 1. The number of piperidine rings is 1. The Bertz CT molecular complexity index is 874. The number of carbonyl (C=O) groups excluding carboxylic acids is 3. The Kier molecular flexibility index (Phi) is 5.15. The number of hydrogen-bond donors (Lipinski definition) is 1. The van der Waals surface area contributed by atoms with Crippen molar-refractivity contribution in [1.29, 1.82) is 0 Å². The highest BCUT2D eigenvalue weighted by Gasteiger charge is 2.41. The third-order valence-electron chi connectivity index (χ3n) is 6.60. The monoisotopic (exact) mass is 398 g/mol. The lowest BCUT2D eigenvalue weighted by Crippen LogP contribution is -2.47. The molecule has 2 unspecified atom stereocenters. The van der Waals surface area contributed by atoms with Crippen LogP contribution in [0.15, 0.2) is 18.2 Å². The molecule has 2 heterocycles. The Hall–Kier alpha value is -2.70. The molecule has 4 rings (SSSR count). The maximum atomic E-state index is 13.1. The Balaban J connectivity index is 1.58. The molecule has 7 heteroatoms. The smallest absolute Gasteiger partial charge is 0.308 e. The van der Waals surface area contributed by atoms with E-state index >= 15 is 0 Å². The highest BCUT2D eigenvalue weighted by Crippen LogP contribution is 2.32. The summed E-state index contributed by atoms with van der Waals surface area (Å²) in [4.78, 5) is 53.2. The van der Waals surface area contributed by atoms with E-state index in [4.69, 9.17) is 0 Å². The maximum absolute atomic E-state index is 13.1. The summed E-state index contributed by atoms with van der Waals surface area (Å²) in [5.41, 5.74) is 0.964. The van der Waals surface area contributed by atoms with E-state index in [0.29, 0.717) is 24.0 Å². The molecule has 2 atom stereocenters. The second-order valence-corrected chi connectivity index (χ2v) is 8.45. The number of amides is 3. The third-order valence-corrected chi connectivity index (χ3v) is 6.60. The fourth-order valence-corrected chi connectivity index (χ4v) is 4.82. The normalized spacial score (nSPS) is 25.3. The molecular weight excluding hydrogens is 372 g/mol. The van der Waals surface area contributed by atoms with Crippen LogP contribution in [-0.4, -0.2) is 57.2 Å². The van der Waals surface area contributed by atoms with Crippen molar-refractivity contribution in [1.82, 2.24) is 9.80 Å². The number of carboxylic acids is 1. The highest BCUT2D eigenvalue weighted by atomic mass is 16.4. The van der Waals surface area contributed by atoms with E-state index in [0.717, 1.165) is 32.1 Å². The number of benzene rings is 1. The second kappa shape index (κ2) is 7.61. The lowest BCUT2D eigenvalue weighted by Gasteiger charge is -2.36. The van der Waals surface area contributed by atoms with E-state index in [2.05, 4.69) is 0 Å². The topological polar surface area (TPSA) is 95.0 Å². The van der Waals surface area contributed by atoms with Gasteiger partial charge >= 0.3 is 5.97 Å². The molecule has 1 aliphatic carbocycles. The quantitative estimate of drug-likeness (QED) is 0.790. The average Bonchev–Trinajstić information content (AvgIpc) is 2.98. The molecule has 1 aromatic rings. The molecule has 1 saturated carbocycles. The average molecular weight is 398 g/mol. The molecule has 2 aliphatic heterocycles. The lowest BCUT2D eigenvalue weighted by molar-refractivity contribution is -0.143. The first kappa shape index (κ1) is 19.6. The molecule has 0 aromatic heterocycles. The Labute approximate surface area is 169 Å². The lowest BCUT2D eigenvalue weighted by atomic mass is 9.92. The van der Waals surface area contributed by atoms with Gasteiger partial charge in [-0.25, -0.2) is 0 Å². The number of carbonyl (C=O) groups is 4. The summed E-state index contributed by atoms with van der Waals surface area (Å²) in [6, 6.07) is 4.52. The zero-order chi connectivity index (χ0) is 20.7. The Morgan fingerprint density at radius 2 is 1.66 bits per heavy atom. The van der Waals surface area contributed by atoms with E-state index < -0.39 is 11.9 Å². The molecule has 29 heavy (non-hydrogen) atoms. The molecule has 0 spiro atoms. The zero-order valence-corrected chi connectivity index (χ0v) is 16.6. The molecule has 3 amide bonds. The van der Waals surface area contributed by atoms with Crippen molar-refractivity contribution in [2.75, 3.05) is 6.54 Å². The molecule has 3 aliphatic rings. The summed E-state index contributed by atoms with van der Waals surface area (Å²) in [5, 5.41) is 9.31. The molecule has 1 saturated heterocycles. The van der Waals surface area contributed by atoms with Gasteiger partial charge in [-0.15, -0.1) is 0 Å². The molecule has 1 aromatic carbocycles. The van der Waals surface area contributed by atoms with Gasteiger partial charge in [-0.05, 0) is 50.8 Å². The Morgan fingerprint density at radius 3 is 2.34 bits per heavy atom. The molecule has 7 nitrogen and oxygen atoms in total. The minimum absolute atomic E-state index is 0.0613. The number of likely N-dealkylation sites (tertiary alicyclic amines) is 1. The molecule has 2 fully saturated rings. The summed E-state index contributed by atoms with van der Waals surface area (Å²) in [6.07, 6.45) is 6.00. The van der Waals surface area contributed by atoms with Crippen molar-refractivity contribution >= 4 is 23.7 Å². The van der Waals surface area contributed by atoms with E-state index in [1.54, 1.807) is 17.0 Å². The number of imide groups is 1. The minimum atomic E-state index is -0.896. The van der Waals surface area contributed by atoms with Crippen LogP contribution in [0, 0.1) is 5.92 Å². The summed E-state index contributed by atoms with van der Waals surface area (Å²) in [7, 11) is 0. The summed E-state index contributed by atoms with van der Waals surface area (Å²) >= 11 is 0. The van der Waals surface area contributed by atoms with Crippen molar-refractivity contribution in [3.05, 3.63) is 34.9 Å². The second-order valence-electron chi connectivity index (χ2n) is 8.45. The number of rotatable bonds is 3. The van der Waals surface area contributed by atoms with E-state index in [9.17, 15) is 24.3 Å². The Morgan fingerprint density at radius 1 is 0.966 bits per heavy atom. The first-order chi connectivity index (χ1) is 13.9. The summed E-state index contributed by atoms with van der Waals surface area (Å²) < 4.78 is 0. The van der Waals surface area contributed by atoms with Gasteiger partial charge in [0.25, 0.3) is 17.7 Å². The third kappa shape index (κ3) is 3.43. The maximum Gasteiger partial charge on any atom is 0.308 e. The van der Waals surface area contributed by atoms with Crippen molar-refractivity contribution < 1.29 is 24.3 Å². The van der Waals surface area contributed by atoms with E-state index in [1.165, 1.54) is 11.0 Å².